The molecule has 2 heterocycles. The quantitative estimate of drug-likeness (QED) is 0.268. The maximum atomic E-state index is 4.97. The first-order valence-electron chi connectivity index (χ1n) is 11.1. The van der Waals surface area contributed by atoms with Crippen LogP contribution in [0.2, 0.25) is 0 Å². The molecular weight excluding hydrogens is 449 g/mol. The highest BCUT2D eigenvalue weighted by molar-refractivity contribution is 14.0. The van der Waals surface area contributed by atoms with Crippen LogP contribution in [0.15, 0.2) is 4.99 Å². The lowest BCUT2D eigenvalue weighted by atomic mass is 9.73. The maximum absolute atomic E-state index is 4.97. The summed E-state index contributed by atoms with van der Waals surface area (Å²) in [6.45, 7) is 12.7. The van der Waals surface area contributed by atoms with Gasteiger partial charge in [0, 0.05) is 52.4 Å². The molecule has 0 radical (unpaired) electrons. The lowest BCUT2D eigenvalue weighted by molar-refractivity contribution is 0.152. The van der Waals surface area contributed by atoms with Gasteiger partial charge in [0.05, 0.1) is 0 Å². The molecule has 1 spiro atoms. The van der Waals surface area contributed by atoms with Gasteiger partial charge in [-0.05, 0) is 58.0 Å². The molecule has 2 aliphatic heterocycles. The lowest BCUT2D eigenvalue weighted by Crippen LogP contribution is -2.44. The average Bonchev–Trinajstić information content (AvgIpc) is 3.06. The summed E-state index contributed by atoms with van der Waals surface area (Å²) in [6, 6.07) is 0. The van der Waals surface area contributed by atoms with Crippen LogP contribution in [0.3, 0.4) is 0 Å². The number of halogens is 1. The van der Waals surface area contributed by atoms with Crippen molar-refractivity contribution in [2.75, 3.05) is 66.0 Å². The van der Waals surface area contributed by atoms with E-state index in [1.165, 1.54) is 103 Å². The molecule has 0 aromatic heterocycles. The Kier molecular flexibility index (Phi) is 10.1. The molecule has 0 bridgehead atoms. The third-order valence-electron chi connectivity index (χ3n) is 6.73. The summed E-state index contributed by atoms with van der Waals surface area (Å²) in [4.78, 5) is 12.6. The fourth-order valence-corrected chi connectivity index (χ4v) is 4.96. The van der Waals surface area contributed by atoms with Crippen molar-refractivity contribution in [2.45, 2.75) is 58.3 Å². The van der Waals surface area contributed by atoms with Crippen LogP contribution in [0.5, 0.6) is 0 Å². The Balaban J connectivity index is 0.00000261. The molecule has 3 aliphatic rings. The van der Waals surface area contributed by atoms with Crippen molar-refractivity contribution in [3.05, 3.63) is 0 Å². The molecule has 1 N–H and O–H groups in total. The van der Waals surface area contributed by atoms with Crippen LogP contribution >= 0.6 is 24.0 Å². The number of rotatable bonds is 6. The number of nitrogens with one attached hydrogen (secondary N) is 1. The summed E-state index contributed by atoms with van der Waals surface area (Å²) in [7, 11) is 2.23. The van der Waals surface area contributed by atoms with E-state index in [4.69, 9.17) is 4.99 Å². The number of likely N-dealkylation sites (N-methyl/N-ethyl adjacent to an activating group) is 1. The van der Waals surface area contributed by atoms with Crippen LogP contribution in [-0.4, -0.2) is 86.6 Å². The van der Waals surface area contributed by atoms with Crippen molar-refractivity contribution in [2.24, 2.45) is 10.4 Å². The molecule has 6 heteroatoms. The Morgan fingerprint density at radius 1 is 0.963 bits per heavy atom. The number of aliphatic imine (C=N–C) groups is 1. The minimum atomic E-state index is 0. The largest absolute Gasteiger partial charge is 0.357 e. The molecule has 0 unspecified atom stereocenters. The molecule has 0 atom stereocenters. The zero-order chi connectivity index (χ0) is 18.2. The number of piperazine rings is 1. The van der Waals surface area contributed by atoms with Crippen LogP contribution in [0.1, 0.15) is 58.3 Å². The highest BCUT2D eigenvalue weighted by atomic mass is 127. The predicted molar refractivity (Wildman–Crippen MR) is 126 cm³/mol. The van der Waals surface area contributed by atoms with Crippen LogP contribution in [-0.2, 0) is 0 Å². The minimum absolute atomic E-state index is 0. The van der Waals surface area contributed by atoms with Gasteiger partial charge in [-0.15, -0.1) is 24.0 Å². The summed E-state index contributed by atoms with van der Waals surface area (Å²) in [5, 5.41) is 3.55. The number of hydrogen-bond acceptors (Lipinski definition) is 3. The highest BCUT2D eigenvalue weighted by Crippen LogP contribution is 2.43. The van der Waals surface area contributed by atoms with E-state index in [9.17, 15) is 0 Å². The fraction of sp³-hybridized carbons (Fsp3) is 0.952. The van der Waals surface area contributed by atoms with E-state index in [1.54, 1.807) is 0 Å². The summed E-state index contributed by atoms with van der Waals surface area (Å²) in [5.74, 6) is 1.18. The number of hydrogen-bond donors (Lipinski definition) is 1. The third kappa shape index (κ3) is 7.03. The number of unbranched alkanes of at least 4 members (excludes halogenated alkanes) is 1. The SMILES string of the molecule is CCNC(=NCCCCN1CCN(C)CC1)N1CCC2(CCCCC2)C1.I. The van der Waals surface area contributed by atoms with Crippen LogP contribution in [0.4, 0.5) is 0 Å². The molecular formula is C21H42IN5. The van der Waals surface area contributed by atoms with Gasteiger partial charge in [0.1, 0.15) is 0 Å². The van der Waals surface area contributed by atoms with Gasteiger partial charge in [0.25, 0.3) is 0 Å². The van der Waals surface area contributed by atoms with Crippen molar-refractivity contribution in [3.63, 3.8) is 0 Å². The molecule has 1 saturated carbocycles. The van der Waals surface area contributed by atoms with E-state index in [0.717, 1.165) is 13.1 Å². The average molecular weight is 492 g/mol. The molecule has 3 fully saturated rings. The first kappa shape index (κ1) is 23.2. The minimum Gasteiger partial charge on any atom is -0.357 e. The Hall–Kier alpha value is -0.0800. The molecule has 27 heavy (non-hydrogen) atoms. The van der Waals surface area contributed by atoms with E-state index in [1.807, 2.05) is 0 Å². The van der Waals surface area contributed by atoms with Crippen molar-refractivity contribution in [1.82, 2.24) is 20.0 Å². The molecule has 0 amide bonds. The fourth-order valence-electron chi connectivity index (χ4n) is 4.96. The topological polar surface area (TPSA) is 34.1 Å². The molecule has 3 rings (SSSR count). The van der Waals surface area contributed by atoms with E-state index < -0.39 is 0 Å². The summed E-state index contributed by atoms with van der Waals surface area (Å²) >= 11 is 0. The van der Waals surface area contributed by atoms with E-state index in [0.29, 0.717) is 5.41 Å². The van der Waals surface area contributed by atoms with Gasteiger partial charge in [-0.2, -0.15) is 0 Å². The Morgan fingerprint density at radius 2 is 1.70 bits per heavy atom. The molecule has 5 nitrogen and oxygen atoms in total. The van der Waals surface area contributed by atoms with Crippen molar-refractivity contribution >= 4 is 29.9 Å². The monoisotopic (exact) mass is 491 g/mol. The van der Waals surface area contributed by atoms with Gasteiger partial charge in [-0.3, -0.25) is 4.99 Å². The zero-order valence-corrected chi connectivity index (χ0v) is 20.0. The second kappa shape index (κ2) is 11.8. The zero-order valence-electron chi connectivity index (χ0n) is 17.7. The molecule has 0 aromatic rings. The third-order valence-corrected chi connectivity index (χ3v) is 6.73. The van der Waals surface area contributed by atoms with E-state index in [-0.39, 0.29) is 24.0 Å². The van der Waals surface area contributed by atoms with Gasteiger partial charge in [-0.1, -0.05) is 19.3 Å². The van der Waals surface area contributed by atoms with Crippen LogP contribution in [0.25, 0.3) is 0 Å². The smallest absolute Gasteiger partial charge is 0.193 e. The standard InChI is InChI=1S/C21H41N5.HI/c1-3-22-20(26-14-11-21(19-26)9-5-4-6-10-21)23-12-7-8-13-25-17-15-24(2)16-18-25;/h3-19H2,1-2H3,(H,22,23);1H. The van der Waals surface area contributed by atoms with E-state index >= 15 is 0 Å². The number of guanidine groups is 1. The van der Waals surface area contributed by atoms with Crippen molar-refractivity contribution in [3.8, 4) is 0 Å². The summed E-state index contributed by atoms with van der Waals surface area (Å²) in [5.41, 5.74) is 0.607. The van der Waals surface area contributed by atoms with Gasteiger partial charge in [0.15, 0.2) is 5.96 Å². The maximum Gasteiger partial charge on any atom is 0.193 e. The highest BCUT2D eigenvalue weighted by Gasteiger charge is 2.39. The summed E-state index contributed by atoms with van der Waals surface area (Å²) in [6.07, 6.45) is 11.1. The molecule has 1 aliphatic carbocycles. The van der Waals surface area contributed by atoms with Gasteiger partial charge in [-0.25, -0.2) is 0 Å². The van der Waals surface area contributed by atoms with Gasteiger partial charge in [0.2, 0.25) is 0 Å². The Labute approximate surface area is 184 Å². The second-order valence-corrected chi connectivity index (χ2v) is 8.82. The van der Waals surface area contributed by atoms with E-state index in [2.05, 4.69) is 34.0 Å². The Bertz CT molecular complexity index is 442. The first-order valence-corrected chi connectivity index (χ1v) is 11.1. The molecule has 0 aromatic carbocycles. The predicted octanol–water partition coefficient (Wildman–Crippen LogP) is 3.25. The molecule has 2 saturated heterocycles. The number of nitrogens with zero attached hydrogens (tertiary/aromatic N) is 4. The summed E-state index contributed by atoms with van der Waals surface area (Å²) < 4.78 is 0. The van der Waals surface area contributed by atoms with Gasteiger partial charge >= 0.3 is 0 Å². The van der Waals surface area contributed by atoms with Crippen molar-refractivity contribution in [1.29, 1.82) is 0 Å². The normalized spacial score (nSPS) is 24.2. The van der Waals surface area contributed by atoms with Gasteiger partial charge < -0.3 is 20.0 Å². The lowest BCUT2D eigenvalue weighted by Gasteiger charge is -2.33. The second-order valence-electron chi connectivity index (χ2n) is 8.82. The molecule has 158 valence electrons. The van der Waals surface area contributed by atoms with Crippen LogP contribution < -0.4 is 5.32 Å². The van der Waals surface area contributed by atoms with Crippen LogP contribution in [0, 0.1) is 5.41 Å². The number of likely N-dealkylation sites (tertiary alicyclic amines) is 1. The first-order chi connectivity index (χ1) is 12.7. The Morgan fingerprint density at radius 3 is 2.41 bits per heavy atom. The van der Waals surface area contributed by atoms with Crippen molar-refractivity contribution < 1.29 is 0 Å².